The molecule has 130 valence electrons. The van der Waals surface area contributed by atoms with Crippen molar-refractivity contribution in [3.05, 3.63) is 63.6 Å². The van der Waals surface area contributed by atoms with E-state index in [0.717, 1.165) is 11.8 Å². The van der Waals surface area contributed by atoms with Gasteiger partial charge in [-0.25, -0.2) is 8.42 Å². The summed E-state index contributed by atoms with van der Waals surface area (Å²) in [5, 5.41) is 14.7. The first-order valence-corrected chi connectivity index (χ1v) is 9.97. The third-order valence-corrected chi connectivity index (χ3v) is 5.72. The molecule has 24 heavy (non-hydrogen) atoms. The zero-order valence-corrected chi connectivity index (χ0v) is 15.7. The van der Waals surface area contributed by atoms with E-state index in [4.69, 9.17) is 23.2 Å². The first-order valence-electron chi connectivity index (χ1n) is 7.32. The van der Waals surface area contributed by atoms with Crippen LogP contribution in [0.3, 0.4) is 0 Å². The molecule has 2 atom stereocenters. The van der Waals surface area contributed by atoms with Crippen molar-refractivity contribution in [3.8, 4) is 0 Å². The van der Waals surface area contributed by atoms with Gasteiger partial charge in [-0.05, 0) is 36.4 Å². The summed E-state index contributed by atoms with van der Waals surface area (Å²) in [6.45, 7) is 0.442. The molecule has 0 saturated carbocycles. The number of rotatable bonds is 6. The van der Waals surface area contributed by atoms with Crippen LogP contribution in [0.1, 0.15) is 23.1 Å². The number of hydrogen-bond donors (Lipinski definition) is 2. The third kappa shape index (κ3) is 4.29. The second kappa shape index (κ2) is 7.85. The van der Waals surface area contributed by atoms with E-state index in [0.29, 0.717) is 22.2 Å². The molecule has 0 aliphatic rings. The van der Waals surface area contributed by atoms with Gasteiger partial charge in [-0.1, -0.05) is 47.5 Å². The van der Waals surface area contributed by atoms with Gasteiger partial charge in [0.1, 0.15) is 0 Å². The van der Waals surface area contributed by atoms with E-state index in [1.165, 1.54) is 6.07 Å². The quantitative estimate of drug-likeness (QED) is 0.796. The SMILES string of the molecule is CNCC(c1ccc(Cl)c(Cl)c1)[C@@H](O)c1ccccc1S(C)(=O)=O. The van der Waals surface area contributed by atoms with Crippen molar-refractivity contribution in [1.82, 2.24) is 5.32 Å². The van der Waals surface area contributed by atoms with E-state index in [-0.39, 0.29) is 10.8 Å². The molecule has 0 aliphatic heterocycles. The largest absolute Gasteiger partial charge is 0.388 e. The van der Waals surface area contributed by atoms with Crippen molar-refractivity contribution in [2.24, 2.45) is 0 Å². The number of benzene rings is 2. The van der Waals surface area contributed by atoms with E-state index < -0.39 is 15.9 Å². The minimum atomic E-state index is -3.45. The number of nitrogens with one attached hydrogen (secondary N) is 1. The van der Waals surface area contributed by atoms with Gasteiger partial charge in [0.2, 0.25) is 0 Å². The van der Waals surface area contributed by atoms with Crippen LogP contribution in [0.2, 0.25) is 10.0 Å². The fraction of sp³-hybridized carbons (Fsp3) is 0.294. The summed E-state index contributed by atoms with van der Waals surface area (Å²) in [5.41, 5.74) is 1.14. The monoisotopic (exact) mass is 387 g/mol. The van der Waals surface area contributed by atoms with Crippen molar-refractivity contribution in [1.29, 1.82) is 0 Å². The second-order valence-electron chi connectivity index (χ2n) is 5.59. The summed E-state index contributed by atoms with van der Waals surface area (Å²) < 4.78 is 24.0. The van der Waals surface area contributed by atoms with Crippen LogP contribution in [0, 0.1) is 0 Å². The van der Waals surface area contributed by atoms with E-state index in [2.05, 4.69) is 5.32 Å². The maximum atomic E-state index is 12.0. The van der Waals surface area contributed by atoms with Gasteiger partial charge in [-0.3, -0.25) is 0 Å². The number of hydrogen-bond acceptors (Lipinski definition) is 4. The number of sulfone groups is 1. The number of halogens is 2. The van der Waals surface area contributed by atoms with E-state index in [1.807, 2.05) is 0 Å². The van der Waals surface area contributed by atoms with Gasteiger partial charge in [0, 0.05) is 18.7 Å². The minimum Gasteiger partial charge on any atom is -0.388 e. The smallest absolute Gasteiger partial charge is 0.175 e. The molecule has 2 aromatic rings. The van der Waals surface area contributed by atoms with Gasteiger partial charge in [0.15, 0.2) is 9.84 Å². The maximum absolute atomic E-state index is 12.0. The number of likely N-dealkylation sites (N-methyl/N-ethyl adjacent to an activating group) is 1. The lowest BCUT2D eigenvalue weighted by atomic mass is 9.89. The van der Waals surface area contributed by atoms with Crippen LogP contribution in [-0.4, -0.2) is 33.4 Å². The predicted molar refractivity (Wildman–Crippen MR) is 97.6 cm³/mol. The highest BCUT2D eigenvalue weighted by Gasteiger charge is 2.27. The Morgan fingerprint density at radius 3 is 2.38 bits per heavy atom. The molecule has 0 saturated heterocycles. The minimum absolute atomic E-state index is 0.124. The lowest BCUT2D eigenvalue weighted by Crippen LogP contribution is -2.24. The van der Waals surface area contributed by atoms with Crippen molar-refractivity contribution >= 4 is 33.0 Å². The van der Waals surface area contributed by atoms with Gasteiger partial charge in [0.25, 0.3) is 0 Å². The van der Waals surface area contributed by atoms with Gasteiger partial charge < -0.3 is 10.4 Å². The first-order chi connectivity index (χ1) is 11.3. The van der Waals surface area contributed by atoms with Crippen LogP contribution in [0.5, 0.6) is 0 Å². The van der Waals surface area contributed by atoms with Crippen molar-refractivity contribution in [2.45, 2.75) is 16.9 Å². The molecule has 2 N–H and O–H groups in total. The van der Waals surface area contributed by atoms with E-state index >= 15 is 0 Å². The molecule has 4 nitrogen and oxygen atoms in total. The average molecular weight is 388 g/mol. The predicted octanol–water partition coefficient (Wildman–Crippen LogP) is 3.43. The third-order valence-electron chi connectivity index (χ3n) is 3.81. The summed E-state index contributed by atoms with van der Waals surface area (Å²) in [6.07, 6.45) is 0.116. The Labute approximate surface area is 152 Å². The molecule has 0 radical (unpaired) electrons. The standard InChI is InChI=1S/C17H19Cl2NO3S/c1-20-10-13(11-7-8-14(18)15(19)9-11)17(21)12-5-3-4-6-16(12)24(2,22)23/h3-9,13,17,20-21H,10H2,1-2H3/t13?,17-/m0/s1. The Balaban J connectivity index is 2.51. The van der Waals surface area contributed by atoms with Crippen LogP contribution in [0.15, 0.2) is 47.4 Å². The number of aliphatic hydroxyl groups is 1. The molecule has 0 amide bonds. The Kier molecular flexibility index (Phi) is 6.28. The number of aliphatic hydroxyl groups excluding tert-OH is 1. The second-order valence-corrected chi connectivity index (χ2v) is 8.39. The van der Waals surface area contributed by atoms with E-state index in [9.17, 15) is 13.5 Å². The molecule has 2 rings (SSSR count). The Morgan fingerprint density at radius 2 is 1.79 bits per heavy atom. The molecule has 1 unspecified atom stereocenters. The normalized spacial score (nSPS) is 14.4. The summed E-state index contributed by atoms with van der Waals surface area (Å²) in [6, 6.07) is 11.6. The van der Waals surface area contributed by atoms with E-state index in [1.54, 1.807) is 43.4 Å². The highest BCUT2D eigenvalue weighted by Crippen LogP contribution is 2.36. The first kappa shape index (κ1) is 19.2. The van der Waals surface area contributed by atoms with Crippen molar-refractivity contribution < 1.29 is 13.5 Å². The Morgan fingerprint density at radius 1 is 1.12 bits per heavy atom. The highest BCUT2D eigenvalue weighted by molar-refractivity contribution is 7.90. The molecular formula is C17H19Cl2NO3S. The van der Waals surface area contributed by atoms with Crippen molar-refractivity contribution in [2.75, 3.05) is 19.8 Å². The molecule has 0 spiro atoms. The molecule has 2 aromatic carbocycles. The van der Waals surface area contributed by atoms with Crippen LogP contribution < -0.4 is 5.32 Å². The highest BCUT2D eigenvalue weighted by atomic mass is 35.5. The molecule has 0 bridgehead atoms. The Hall–Kier alpha value is -1.11. The van der Waals surface area contributed by atoms with Crippen LogP contribution in [-0.2, 0) is 9.84 Å². The van der Waals surface area contributed by atoms with Gasteiger partial charge in [-0.15, -0.1) is 0 Å². The van der Waals surface area contributed by atoms with Gasteiger partial charge >= 0.3 is 0 Å². The fourth-order valence-electron chi connectivity index (χ4n) is 2.65. The maximum Gasteiger partial charge on any atom is 0.175 e. The summed E-state index contributed by atoms with van der Waals surface area (Å²) in [7, 11) is -1.69. The molecule has 0 aliphatic carbocycles. The molecule has 7 heteroatoms. The zero-order valence-electron chi connectivity index (χ0n) is 13.3. The van der Waals surface area contributed by atoms with Crippen molar-refractivity contribution in [3.63, 3.8) is 0 Å². The van der Waals surface area contributed by atoms with Gasteiger partial charge in [-0.2, -0.15) is 0 Å². The molecule has 0 heterocycles. The zero-order chi connectivity index (χ0) is 17.9. The molecule has 0 aromatic heterocycles. The lowest BCUT2D eigenvalue weighted by molar-refractivity contribution is 0.141. The summed E-state index contributed by atoms with van der Waals surface area (Å²) >= 11 is 12.0. The van der Waals surface area contributed by atoms with Crippen LogP contribution >= 0.6 is 23.2 Å². The average Bonchev–Trinajstić information content (AvgIpc) is 2.54. The summed E-state index contributed by atoms with van der Waals surface area (Å²) in [4.78, 5) is 0.124. The van der Waals surface area contributed by atoms with Crippen LogP contribution in [0.25, 0.3) is 0 Å². The molecular weight excluding hydrogens is 369 g/mol. The Bertz CT molecular complexity index is 824. The fourth-order valence-corrected chi connectivity index (χ4v) is 3.90. The topological polar surface area (TPSA) is 66.4 Å². The van der Waals surface area contributed by atoms with Gasteiger partial charge in [0.05, 0.1) is 21.0 Å². The lowest BCUT2D eigenvalue weighted by Gasteiger charge is -2.25. The van der Waals surface area contributed by atoms with Crippen LogP contribution in [0.4, 0.5) is 0 Å². The summed E-state index contributed by atoms with van der Waals surface area (Å²) in [5.74, 6) is -0.382. The molecule has 0 fully saturated rings.